The predicted octanol–water partition coefficient (Wildman–Crippen LogP) is 5.90. The van der Waals surface area contributed by atoms with E-state index in [-0.39, 0.29) is 12.1 Å². The van der Waals surface area contributed by atoms with Crippen LogP contribution in [-0.2, 0) is 6.61 Å². The molecule has 0 aliphatic carbocycles. The van der Waals surface area contributed by atoms with Crippen molar-refractivity contribution < 1.29 is 14.3 Å². The molecule has 0 aromatic heterocycles. The highest BCUT2D eigenvalue weighted by atomic mass is 35.5. The lowest BCUT2D eigenvalue weighted by Crippen LogP contribution is -2.43. The van der Waals surface area contributed by atoms with Crippen LogP contribution >= 0.6 is 11.6 Å². The van der Waals surface area contributed by atoms with Crippen LogP contribution in [0.15, 0.2) is 66.7 Å². The van der Waals surface area contributed by atoms with Crippen LogP contribution in [-0.4, -0.2) is 24.5 Å². The summed E-state index contributed by atoms with van der Waals surface area (Å²) in [6.07, 6.45) is 0.608. The van der Waals surface area contributed by atoms with Crippen LogP contribution in [0.4, 0.5) is 5.69 Å². The van der Waals surface area contributed by atoms with E-state index in [2.05, 4.69) is 12.2 Å². The predicted molar refractivity (Wildman–Crippen MR) is 123 cm³/mol. The maximum atomic E-state index is 13.2. The Hall–Kier alpha value is -3.18. The van der Waals surface area contributed by atoms with Crippen molar-refractivity contribution in [2.45, 2.75) is 26.1 Å². The number of amides is 1. The van der Waals surface area contributed by atoms with Crippen molar-refractivity contribution in [1.29, 1.82) is 0 Å². The van der Waals surface area contributed by atoms with Gasteiger partial charge in [0.2, 0.25) is 0 Å². The zero-order chi connectivity index (χ0) is 21.8. The minimum atomic E-state index is -0.262. The van der Waals surface area contributed by atoms with Crippen LogP contribution in [0.25, 0.3) is 0 Å². The third-order valence-electron chi connectivity index (χ3n) is 5.31. The second kappa shape index (κ2) is 9.31. The second-order valence-electron chi connectivity index (χ2n) is 7.40. The minimum absolute atomic E-state index is 0.0379. The third kappa shape index (κ3) is 4.47. The standard InChI is InChI=1S/C25H25ClN2O3/c1-3-14-28-24(27-22-7-5-4-6-21(22)25(28)29)17-8-13-23(30-2)18(15-17)16-31-20-11-9-19(26)10-12-20/h4-13,15,24,27H,3,14,16H2,1-2H3/t24-/m1/s1. The number of para-hydroxylation sites is 1. The number of benzene rings is 3. The summed E-state index contributed by atoms with van der Waals surface area (Å²) >= 11 is 5.96. The number of halogens is 1. The molecule has 1 heterocycles. The van der Waals surface area contributed by atoms with Gasteiger partial charge in [-0.25, -0.2) is 0 Å². The Labute approximate surface area is 187 Å². The lowest BCUT2D eigenvalue weighted by atomic mass is 10.0. The summed E-state index contributed by atoms with van der Waals surface area (Å²) in [7, 11) is 1.64. The van der Waals surface area contributed by atoms with Gasteiger partial charge in [-0.15, -0.1) is 0 Å². The number of carbonyl (C=O) groups is 1. The summed E-state index contributed by atoms with van der Waals surface area (Å²) in [5.74, 6) is 1.50. The molecule has 0 fully saturated rings. The van der Waals surface area contributed by atoms with Gasteiger partial charge in [-0.05, 0) is 60.5 Å². The van der Waals surface area contributed by atoms with Crippen LogP contribution in [0.1, 0.15) is 41.0 Å². The molecule has 3 aromatic rings. The van der Waals surface area contributed by atoms with Crippen LogP contribution in [0.3, 0.4) is 0 Å². The van der Waals surface area contributed by atoms with Crippen molar-refractivity contribution in [3.63, 3.8) is 0 Å². The molecule has 5 nitrogen and oxygen atoms in total. The number of fused-ring (bicyclic) bond motifs is 1. The summed E-state index contributed by atoms with van der Waals surface area (Å²) in [6.45, 7) is 3.07. The van der Waals surface area contributed by atoms with E-state index >= 15 is 0 Å². The highest BCUT2D eigenvalue weighted by Gasteiger charge is 2.32. The molecule has 160 valence electrons. The normalized spacial score (nSPS) is 15.3. The molecule has 4 rings (SSSR count). The molecule has 1 atom stereocenters. The first-order valence-electron chi connectivity index (χ1n) is 10.3. The molecule has 0 bridgehead atoms. The Morgan fingerprint density at radius 2 is 1.84 bits per heavy atom. The molecule has 1 N–H and O–H groups in total. The number of methoxy groups -OCH3 is 1. The van der Waals surface area contributed by atoms with Gasteiger partial charge in [-0.3, -0.25) is 4.79 Å². The summed E-state index contributed by atoms with van der Waals surface area (Å²) < 4.78 is 11.5. The molecule has 1 aliphatic rings. The summed E-state index contributed by atoms with van der Waals surface area (Å²) in [6, 6.07) is 20.8. The molecule has 0 radical (unpaired) electrons. The fourth-order valence-electron chi connectivity index (χ4n) is 3.80. The number of ether oxygens (including phenoxy) is 2. The maximum Gasteiger partial charge on any atom is 0.257 e. The Kier molecular flexibility index (Phi) is 6.33. The lowest BCUT2D eigenvalue weighted by Gasteiger charge is -2.38. The number of rotatable bonds is 7. The van der Waals surface area contributed by atoms with Crippen LogP contribution in [0, 0.1) is 0 Å². The average molecular weight is 437 g/mol. The van der Waals surface area contributed by atoms with Gasteiger partial charge in [-0.2, -0.15) is 0 Å². The smallest absolute Gasteiger partial charge is 0.257 e. The van der Waals surface area contributed by atoms with Gasteiger partial charge < -0.3 is 19.7 Å². The highest BCUT2D eigenvalue weighted by Crippen LogP contribution is 2.35. The van der Waals surface area contributed by atoms with E-state index < -0.39 is 0 Å². The van der Waals surface area contributed by atoms with Gasteiger partial charge in [0.05, 0.1) is 12.7 Å². The first-order valence-corrected chi connectivity index (χ1v) is 10.7. The molecule has 0 saturated carbocycles. The van der Waals surface area contributed by atoms with E-state index in [9.17, 15) is 4.79 Å². The van der Waals surface area contributed by atoms with Crippen LogP contribution in [0.5, 0.6) is 11.5 Å². The molecule has 0 unspecified atom stereocenters. The molecule has 3 aromatic carbocycles. The van der Waals surface area contributed by atoms with Gasteiger partial charge in [0.1, 0.15) is 24.3 Å². The molecule has 1 amide bonds. The number of hydrogen-bond donors (Lipinski definition) is 1. The van der Waals surface area contributed by atoms with Gasteiger partial charge in [0.15, 0.2) is 0 Å². The van der Waals surface area contributed by atoms with Crippen molar-refractivity contribution >= 4 is 23.2 Å². The monoisotopic (exact) mass is 436 g/mol. The lowest BCUT2D eigenvalue weighted by molar-refractivity contribution is 0.0683. The van der Waals surface area contributed by atoms with E-state index in [1.807, 2.05) is 59.5 Å². The SMILES string of the molecule is CCCN1C(=O)c2ccccc2N[C@H]1c1ccc(OC)c(COc2ccc(Cl)cc2)c1. The topological polar surface area (TPSA) is 50.8 Å². The molecule has 0 saturated heterocycles. The Balaban J connectivity index is 1.64. The first kappa shape index (κ1) is 21.1. The van der Waals surface area contributed by atoms with Crippen molar-refractivity contribution in [3.05, 3.63) is 88.4 Å². The minimum Gasteiger partial charge on any atom is -0.496 e. The van der Waals surface area contributed by atoms with Crippen molar-refractivity contribution in [1.82, 2.24) is 4.90 Å². The second-order valence-corrected chi connectivity index (χ2v) is 7.84. The van der Waals surface area contributed by atoms with E-state index in [0.29, 0.717) is 23.7 Å². The van der Waals surface area contributed by atoms with E-state index in [1.54, 1.807) is 19.2 Å². The van der Waals surface area contributed by atoms with Gasteiger partial charge in [0, 0.05) is 22.8 Å². The van der Waals surface area contributed by atoms with Crippen LogP contribution in [0.2, 0.25) is 5.02 Å². The molecular weight excluding hydrogens is 412 g/mol. The summed E-state index contributed by atoms with van der Waals surface area (Å²) in [5.41, 5.74) is 3.43. The Morgan fingerprint density at radius 3 is 2.58 bits per heavy atom. The number of nitrogens with one attached hydrogen (secondary N) is 1. The van der Waals surface area contributed by atoms with Gasteiger partial charge >= 0.3 is 0 Å². The fourth-order valence-corrected chi connectivity index (χ4v) is 3.93. The molecule has 1 aliphatic heterocycles. The largest absolute Gasteiger partial charge is 0.496 e. The Bertz CT molecular complexity index is 1070. The van der Waals surface area contributed by atoms with Gasteiger partial charge in [0.25, 0.3) is 5.91 Å². The number of carbonyl (C=O) groups excluding carboxylic acids is 1. The number of hydrogen-bond acceptors (Lipinski definition) is 4. The van der Waals surface area contributed by atoms with E-state index in [1.165, 1.54) is 0 Å². The summed E-state index contributed by atoms with van der Waals surface area (Å²) in [5, 5.41) is 4.20. The van der Waals surface area contributed by atoms with Crippen LogP contribution < -0.4 is 14.8 Å². The Morgan fingerprint density at radius 1 is 1.06 bits per heavy atom. The quantitative estimate of drug-likeness (QED) is 0.500. The zero-order valence-electron chi connectivity index (χ0n) is 17.6. The third-order valence-corrected chi connectivity index (χ3v) is 5.57. The van der Waals surface area contributed by atoms with Crippen molar-refractivity contribution in [3.8, 4) is 11.5 Å². The molecular formula is C25H25ClN2O3. The maximum absolute atomic E-state index is 13.2. The number of anilines is 1. The zero-order valence-corrected chi connectivity index (χ0v) is 18.4. The number of nitrogens with zero attached hydrogens (tertiary/aromatic N) is 1. The average Bonchev–Trinajstić information content (AvgIpc) is 2.80. The summed E-state index contributed by atoms with van der Waals surface area (Å²) in [4.78, 5) is 15.0. The highest BCUT2D eigenvalue weighted by molar-refractivity contribution is 6.30. The first-order chi connectivity index (χ1) is 15.1. The van der Waals surface area contributed by atoms with E-state index in [0.717, 1.165) is 34.7 Å². The van der Waals surface area contributed by atoms with Crippen molar-refractivity contribution in [2.24, 2.45) is 0 Å². The molecule has 6 heteroatoms. The van der Waals surface area contributed by atoms with Gasteiger partial charge in [-0.1, -0.05) is 36.7 Å². The fraction of sp³-hybridized carbons (Fsp3) is 0.240. The molecule has 31 heavy (non-hydrogen) atoms. The molecule has 0 spiro atoms. The van der Waals surface area contributed by atoms with Crippen molar-refractivity contribution in [2.75, 3.05) is 19.0 Å². The van der Waals surface area contributed by atoms with E-state index in [4.69, 9.17) is 21.1 Å².